The van der Waals surface area contributed by atoms with E-state index in [9.17, 15) is 0 Å². The third-order valence-electron chi connectivity index (χ3n) is 3.26. The number of rotatable bonds is 3. The summed E-state index contributed by atoms with van der Waals surface area (Å²) in [5.74, 6) is 1.67. The Hall–Kier alpha value is -2.10. The third-order valence-corrected chi connectivity index (χ3v) is 3.26. The molecule has 0 unspecified atom stereocenters. The minimum atomic E-state index is 0.832. The minimum Gasteiger partial charge on any atom is -0.465 e. The molecule has 3 rings (SSSR count). The summed E-state index contributed by atoms with van der Waals surface area (Å²) in [6.45, 7) is 2.12. The molecule has 0 bridgehead atoms. The number of piperidine rings is 1. The fraction of sp³-hybridized carbons (Fsp3) is 0.333. The highest BCUT2D eigenvalue weighted by atomic mass is 16.3. The van der Waals surface area contributed by atoms with Gasteiger partial charge >= 0.3 is 0 Å². The van der Waals surface area contributed by atoms with Crippen LogP contribution in [0.5, 0.6) is 0 Å². The zero-order chi connectivity index (χ0) is 12.9. The van der Waals surface area contributed by atoms with Crippen molar-refractivity contribution in [2.75, 3.05) is 18.0 Å². The summed E-state index contributed by atoms with van der Waals surface area (Å²) < 4.78 is 5.26. The molecule has 1 fully saturated rings. The van der Waals surface area contributed by atoms with Crippen molar-refractivity contribution in [3.8, 4) is 0 Å². The molecule has 2 aromatic heterocycles. The number of anilines is 1. The van der Waals surface area contributed by atoms with Crippen LogP contribution in [-0.4, -0.2) is 23.1 Å². The molecule has 0 aliphatic carbocycles. The molecular weight excluding hydrogens is 238 g/mol. The van der Waals surface area contributed by atoms with E-state index in [0.717, 1.165) is 30.5 Å². The molecule has 1 saturated heterocycles. The Kier molecular flexibility index (Phi) is 3.58. The molecule has 0 saturated carbocycles. The average Bonchev–Trinajstić information content (AvgIpc) is 3.00. The van der Waals surface area contributed by atoms with Gasteiger partial charge < -0.3 is 9.32 Å². The standard InChI is InChI=1S/C15H17N3O/c1-2-10-18(11-3-1)15-16-9-8-13(17-15)6-7-14-5-4-12-19-14/h4-9,12H,1-3,10-11H2/b7-6+. The molecule has 1 aliphatic heterocycles. The molecule has 3 heterocycles. The molecule has 0 atom stereocenters. The summed E-state index contributed by atoms with van der Waals surface area (Å²) in [7, 11) is 0. The van der Waals surface area contributed by atoms with Gasteiger partial charge in [-0.1, -0.05) is 0 Å². The Balaban J connectivity index is 1.75. The molecule has 0 spiro atoms. The van der Waals surface area contributed by atoms with Crippen molar-refractivity contribution >= 4 is 18.1 Å². The zero-order valence-corrected chi connectivity index (χ0v) is 10.8. The minimum absolute atomic E-state index is 0.832. The van der Waals surface area contributed by atoms with E-state index in [0.29, 0.717) is 0 Å². The number of aromatic nitrogens is 2. The first-order valence-electron chi connectivity index (χ1n) is 6.71. The SMILES string of the molecule is C(=C\c1ccco1)/c1ccnc(N2CCCCC2)n1. The van der Waals surface area contributed by atoms with Gasteiger partial charge in [0.2, 0.25) is 5.95 Å². The second kappa shape index (κ2) is 5.69. The maximum Gasteiger partial charge on any atom is 0.225 e. The largest absolute Gasteiger partial charge is 0.465 e. The highest BCUT2D eigenvalue weighted by molar-refractivity contribution is 5.65. The van der Waals surface area contributed by atoms with Crippen LogP contribution in [0.1, 0.15) is 30.7 Å². The number of hydrogen-bond donors (Lipinski definition) is 0. The van der Waals surface area contributed by atoms with Crippen molar-refractivity contribution in [1.29, 1.82) is 0 Å². The first-order valence-corrected chi connectivity index (χ1v) is 6.71. The molecular formula is C15H17N3O. The topological polar surface area (TPSA) is 42.2 Å². The molecule has 4 nitrogen and oxygen atoms in total. The summed E-state index contributed by atoms with van der Waals surface area (Å²) in [4.78, 5) is 11.2. The lowest BCUT2D eigenvalue weighted by Crippen LogP contribution is -2.31. The van der Waals surface area contributed by atoms with E-state index in [1.165, 1.54) is 19.3 Å². The second-order valence-electron chi connectivity index (χ2n) is 4.68. The van der Waals surface area contributed by atoms with Crippen molar-refractivity contribution in [1.82, 2.24) is 9.97 Å². The Morgan fingerprint density at radius 1 is 1.11 bits per heavy atom. The van der Waals surface area contributed by atoms with Crippen molar-refractivity contribution in [3.63, 3.8) is 0 Å². The van der Waals surface area contributed by atoms with Gasteiger partial charge in [0.15, 0.2) is 0 Å². The Morgan fingerprint density at radius 3 is 2.79 bits per heavy atom. The van der Waals surface area contributed by atoms with E-state index < -0.39 is 0 Å². The Labute approximate surface area is 112 Å². The van der Waals surface area contributed by atoms with E-state index in [1.54, 1.807) is 6.26 Å². The van der Waals surface area contributed by atoms with E-state index in [1.807, 2.05) is 36.5 Å². The highest BCUT2D eigenvalue weighted by Gasteiger charge is 2.12. The summed E-state index contributed by atoms with van der Waals surface area (Å²) >= 11 is 0. The van der Waals surface area contributed by atoms with Gasteiger partial charge in [0.25, 0.3) is 0 Å². The molecule has 98 valence electrons. The van der Waals surface area contributed by atoms with Crippen LogP contribution in [0, 0.1) is 0 Å². The van der Waals surface area contributed by atoms with E-state index in [-0.39, 0.29) is 0 Å². The van der Waals surface area contributed by atoms with Gasteiger partial charge in [-0.3, -0.25) is 0 Å². The quantitative estimate of drug-likeness (QED) is 0.844. The van der Waals surface area contributed by atoms with Crippen LogP contribution in [0.25, 0.3) is 12.2 Å². The van der Waals surface area contributed by atoms with Crippen LogP contribution in [0.2, 0.25) is 0 Å². The van der Waals surface area contributed by atoms with Crippen molar-refractivity contribution in [2.45, 2.75) is 19.3 Å². The molecule has 0 amide bonds. The van der Waals surface area contributed by atoms with Crippen LogP contribution in [-0.2, 0) is 0 Å². The average molecular weight is 255 g/mol. The lowest BCUT2D eigenvalue weighted by molar-refractivity contribution is 0.557. The first kappa shape index (κ1) is 12.0. The maximum atomic E-state index is 5.26. The van der Waals surface area contributed by atoms with Crippen molar-refractivity contribution in [2.24, 2.45) is 0 Å². The molecule has 1 aliphatic rings. The molecule has 2 aromatic rings. The van der Waals surface area contributed by atoms with E-state index in [2.05, 4.69) is 14.9 Å². The summed E-state index contributed by atoms with van der Waals surface area (Å²) in [6.07, 6.45) is 11.1. The molecule has 0 aromatic carbocycles. The summed E-state index contributed by atoms with van der Waals surface area (Å²) in [5, 5.41) is 0. The van der Waals surface area contributed by atoms with Crippen LogP contribution in [0.15, 0.2) is 35.1 Å². The fourth-order valence-corrected chi connectivity index (χ4v) is 2.25. The van der Waals surface area contributed by atoms with Gasteiger partial charge in [0, 0.05) is 19.3 Å². The summed E-state index contributed by atoms with van der Waals surface area (Å²) in [6, 6.07) is 5.70. The number of nitrogens with zero attached hydrogens (tertiary/aromatic N) is 3. The Morgan fingerprint density at radius 2 is 2.00 bits per heavy atom. The maximum absolute atomic E-state index is 5.26. The van der Waals surface area contributed by atoms with Gasteiger partial charge in [0.1, 0.15) is 5.76 Å². The highest BCUT2D eigenvalue weighted by Crippen LogP contribution is 2.16. The van der Waals surface area contributed by atoms with Gasteiger partial charge in [-0.05, 0) is 49.6 Å². The molecule has 0 N–H and O–H groups in total. The van der Waals surface area contributed by atoms with Crippen LogP contribution in [0.4, 0.5) is 5.95 Å². The normalized spacial score (nSPS) is 16.1. The van der Waals surface area contributed by atoms with Gasteiger partial charge in [-0.2, -0.15) is 0 Å². The fourth-order valence-electron chi connectivity index (χ4n) is 2.25. The third kappa shape index (κ3) is 3.02. The van der Waals surface area contributed by atoms with Crippen LogP contribution in [0.3, 0.4) is 0 Å². The van der Waals surface area contributed by atoms with Crippen LogP contribution >= 0.6 is 0 Å². The molecule has 19 heavy (non-hydrogen) atoms. The van der Waals surface area contributed by atoms with Gasteiger partial charge in [-0.15, -0.1) is 0 Å². The second-order valence-corrected chi connectivity index (χ2v) is 4.68. The smallest absolute Gasteiger partial charge is 0.225 e. The predicted octanol–water partition coefficient (Wildman–Crippen LogP) is 3.23. The van der Waals surface area contributed by atoms with Gasteiger partial charge in [-0.25, -0.2) is 9.97 Å². The Bertz CT molecular complexity index is 542. The summed E-state index contributed by atoms with van der Waals surface area (Å²) in [5.41, 5.74) is 0.909. The zero-order valence-electron chi connectivity index (χ0n) is 10.8. The van der Waals surface area contributed by atoms with Crippen LogP contribution < -0.4 is 4.90 Å². The first-order chi connectivity index (χ1) is 9.42. The van der Waals surface area contributed by atoms with E-state index in [4.69, 9.17) is 4.42 Å². The monoisotopic (exact) mass is 255 g/mol. The lowest BCUT2D eigenvalue weighted by atomic mass is 10.1. The van der Waals surface area contributed by atoms with Crippen molar-refractivity contribution < 1.29 is 4.42 Å². The predicted molar refractivity (Wildman–Crippen MR) is 75.7 cm³/mol. The van der Waals surface area contributed by atoms with E-state index >= 15 is 0 Å². The lowest BCUT2D eigenvalue weighted by Gasteiger charge is -2.26. The molecule has 0 radical (unpaired) electrons. The van der Waals surface area contributed by atoms with Crippen molar-refractivity contribution in [3.05, 3.63) is 42.1 Å². The van der Waals surface area contributed by atoms with Gasteiger partial charge in [0.05, 0.1) is 12.0 Å². The number of hydrogen-bond acceptors (Lipinski definition) is 4. The molecule has 4 heteroatoms. The number of furan rings is 1.